The molecule has 1 aromatic carbocycles. The quantitative estimate of drug-likeness (QED) is 0.701. The van der Waals surface area contributed by atoms with Crippen molar-refractivity contribution < 1.29 is 4.39 Å². The van der Waals surface area contributed by atoms with Gasteiger partial charge in [0.15, 0.2) is 0 Å². The van der Waals surface area contributed by atoms with Gasteiger partial charge < -0.3 is 0 Å². The Morgan fingerprint density at radius 2 is 2.07 bits per heavy atom. The summed E-state index contributed by atoms with van der Waals surface area (Å²) in [5.41, 5.74) is 1.15. The predicted octanol–water partition coefficient (Wildman–Crippen LogP) is 4.78. The summed E-state index contributed by atoms with van der Waals surface area (Å²) in [6.07, 6.45) is 1.92. The highest BCUT2D eigenvalue weighted by Gasteiger charge is 2.08. The molecule has 0 spiro atoms. The van der Waals surface area contributed by atoms with Crippen molar-refractivity contribution in [1.29, 1.82) is 0 Å². The minimum Gasteiger partial charge on any atom is -0.206 e. The first-order valence-electron chi connectivity index (χ1n) is 5.07. The van der Waals surface area contributed by atoms with Gasteiger partial charge in [-0.25, -0.2) is 4.39 Å². The van der Waals surface area contributed by atoms with E-state index in [1.807, 2.05) is 19.1 Å². The van der Waals surface area contributed by atoms with E-state index in [0.717, 1.165) is 18.4 Å². The van der Waals surface area contributed by atoms with Crippen LogP contribution < -0.4 is 0 Å². The van der Waals surface area contributed by atoms with Crippen LogP contribution in [0.2, 0.25) is 0 Å². The molecule has 3 heteroatoms. The molecule has 0 amide bonds. The Labute approximate surface area is 104 Å². The molecule has 0 saturated carbocycles. The maximum atomic E-state index is 13.0. The highest BCUT2D eigenvalue weighted by molar-refractivity contribution is 9.10. The highest BCUT2D eigenvalue weighted by atomic mass is 79.9. The Morgan fingerprint density at radius 1 is 1.40 bits per heavy atom. The zero-order valence-corrected chi connectivity index (χ0v) is 11.3. The summed E-state index contributed by atoms with van der Waals surface area (Å²) in [4.78, 5) is 0. The molecule has 0 saturated heterocycles. The molecule has 0 N–H and O–H groups in total. The number of halogens is 3. The number of rotatable bonds is 4. The van der Waals surface area contributed by atoms with Crippen LogP contribution in [0.5, 0.6) is 0 Å². The lowest BCUT2D eigenvalue weighted by molar-refractivity contribution is 0.525. The smallest absolute Gasteiger partial charge is 0.137 e. The van der Waals surface area contributed by atoms with Crippen LogP contribution in [0, 0.1) is 11.7 Å². The third kappa shape index (κ3) is 4.52. The minimum absolute atomic E-state index is 0.198. The molecule has 1 rings (SSSR count). The maximum absolute atomic E-state index is 13.0. The zero-order valence-electron chi connectivity index (χ0n) is 8.93. The lowest BCUT2D eigenvalue weighted by Crippen LogP contribution is -2.05. The van der Waals surface area contributed by atoms with E-state index in [4.69, 9.17) is 11.6 Å². The van der Waals surface area contributed by atoms with E-state index < -0.39 is 0 Å². The molecular weight excluding hydrogens is 278 g/mol. The SMILES string of the molecule is CC(Cl)CC(C)Cc1ccc(F)c(Br)c1. The molecular formula is C12H15BrClF. The van der Waals surface area contributed by atoms with Crippen LogP contribution in [0.1, 0.15) is 25.8 Å². The van der Waals surface area contributed by atoms with Crippen molar-refractivity contribution >= 4 is 27.5 Å². The van der Waals surface area contributed by atoms with Crippen LogP contribution in [0.3, 0.4) is 0 Å². The van der Waals surface area contributed by atoms with Crippen molar-refractivity contribution in [3.63, 3.8) is 0 Å². The molecule has 0 bridgehead atoms. The van der Waals surface area contributed by atoms with Gasteiger partial charge in [-0.2, -0.15) is 0 Å². The van der Waals surface area contributed by atoms with Gasteiger partial charge in [0.2, 0.25) is 0 Å². The second-order valence-corrected chi connectivity index (χ2v) is 5.67. The summed E-state index contributed by atoms with van der Waals surface area (Å²) in [7, 11) is 0. The Hall–Kier alpha value is -0.0800. The van der Waals surface area contributed by atoms with Crippen LogP contribution >= 0.6 is 27.5 Å². The summed E-state index contributed by atoms with van der Waals surface area (Å²) < 4.78 is 13.5. The summed E-state index contributed by atoms with van der Waals surface area (Å²) >= 11 is 9.11. The number of alkyl halides is 1. The van der Waals surface area contributed by atoms with E-state index >= 15 is 0 Å². The van der Waals surface area contributed by atoms with E-state index in [2.05, 4.69) is 22.9 Å². The van der Waals surface area contributed by atoms with Gasteiger partial charge in [0.25, 0.3) is 0 Å². The van der Waals surface area contributed by atoms with Gasteiger partial charge in [-0.1, -0.05) is 13.0 Å². The van der Waals surface area contributed by atoms with Crippen molar-refractivity contribution in [2.24, 2.45) is 5.92 Å². The van der Waals surface area contributed by atoms with E-state index in [-0.39, 0.29) is 11.2 Å². The van der Waals surface area contributed by atoms with Gasteiger partial charge in [-0.05, 0) is 59.3 Å². The van der Waals surface area contributed by atoms with Crippen molar-refractivity contribution in [3.8, 4) is 0 Å². The summed E-state index contributed by atoms with van der Waals surface area (Å²) in [6.45, 7) is 4.16. The molecule has 0 aromatic heterocycles. The third-order valence-electron chi connectivity index (χ3n) is 2.30. The standard InChI is InChI=1S/C12H15BrClF/c1-8(5-9(2)14)6-10-3-4-12(15)11(13)7-10/h3-4,7-9H,5-6H2,1-2H3. The lowest BCUT2D eigenvalue weighted by Gasteiger charge is -2.13. The predicted molar refractivity (Wildman–Crippen MR) is 66.9 cm³/mol. The van der Waals surface area contributed by atoms with E-state index in [1.165, 1.54) is 6.07 Å². The number of benzene rings is 1. The first-order chi connectivity index (χ1) is 6.99. The maximum Gasteiger partial charge on any atom is 0.137 e. The summed E-state index contributed by atoms with van der Waals surface area (Å²) in [5.74, 6) is 0.312. The van der Waals surface area contributed by atoms with Crippen molar-refractivity contribution in [1.82, 2.24) is 0 Å². The molecule has 0 aliphatic carbocycles. The van der Waals surface area contributed by atoms with Crippen molar-refractivity contribution in [2.45, 2.75) is 32.1 Å². The van der Waals surface area contributed by atoms with E-state index in [0.29, 0.717) is 10.4 Å². The zero-order chi connectivity index (χ0) is 11.4. The van der Waals surface area contributed by atoms with Gasteiger partial charge in [-0.3, -0.25) is 0 Å². The molecule has 1 aromatic rings. The fraction of sp³-hybridized carbons (Fsp3) is 0.500. The highest BCUT2D eigenvalue weighted by Crippen LogP contribution is 2.21. The van der Waals surface area contributed by atoms with Crippen LogP contribution in [-0.2, 0) is 6.42 Å². The minimum atomic E-state index is -0.211. The van der Waals surface area contributed by atoms with Gasteiger partial charge in [0.1, 0.15) is 5.82 Å². The summed E-state index contributed by atoms with van der Waals surface area (Å²) in [6, 6.07) is 5.16. The Morgan fingerprint density at radius 3 is 2.60 bits per heavy atom. The first kappa shape index (κ1) is 13.0. The number of hydrogen-bond acceptors (Lipinski definition) is 0. The molecule has 15 heavy (non-hydrogen) atoms. The number of hydrogen-bond donors (Lipinski definition) is 0. The topological polar surface area (TPSA) is 0 Å². The van der Waals surface area contributed by atoms with E-state index in [1.54, 1.807) is 0 Å². The van der Waals surface area contributed by atoms with Crippen LogP contribution in [-0.4, -0.2) is 5.38 Å². The lowest BCUT2D eigenvalue weighted by atomic mass is 9.97. The summed E-state index contributed by atoms with van der Waals surface area (Å²) in [5, 5.41) is 0.198. The monoisotopic (exact) mass is 292 g/mol. The Bertz CT molecular complexity index is 325. The molecule has 0 radical (unpaired) electrons. The molecule has 0 aliphatic rings. The van der Waals surface area contributed by atoms with E-state index in [9.17, 15) is 4.39 Å². The fourth-order valence-electron chi connectivity index (χ4n) is 1.71. The second-order valence-electron chi connectivity index (χ2n) is 4.07. The van der Waals surface area contributed by atoms with Crippen molar-refractivity contribution in [3.05, 3.63) is 34.1 Å². The van der Waals surface area contributed by atoms with Gasteiger partial charge >= 0.3 is 0 Å². The Kier molecular flexibility index (Phi) is 5.07. The van der Waals surface area contributed by atoms with Crippen LogP contribution in [0.15, 0.2) is 22.7 Å². The van der Waals surface area contributed by atoms with Crippen LogP contribution in [0.25, 0.3) is 0 Å². The Balaban J connectivity index is 2.60. The van der Waals surface area contributed by atoms with Crippen LogP contribution in [0.4, 0.5) is 4.39 Å². The average Bonchev–Trinajstić information content (AvgIpc) is 2.10. The molecule has 0 nitrogen and oxygen atoms in total. The van der Waals surface area contributed by atoms with Gasteiger partial charge in [-0.15, -0.1) is 11.6 Å². The molecule has 0 heterocycles. The van der Waals surface area contributed by atoms with Crippen molar-refractivity contribution in [2.75, 3.05) is 0 Å². The normalized spacial score (nSPS) is 15.0. The molecule has 0 aliphatic heterocycles. The molecule has 84 valence electrons. The van der Waals surface area contributed by atoms with Gasteiger partial charge in [0, 0.05) is 5.38 Å². The largest absolute Gasteiger partial charge is 0.206 e. The second kappa shape index (κ2) is 5.86. The first-order valence-corrected chi connectivity index (χ1v) is 6.30. The average molecular weight is 294 g/mol. The van der Waals surface area contributed by atoms with Gasteiger partial charge in [0.05, 0.1) is 4.47 Å². The third-order valence-corrected chi connectivity index (χ3v) is 3.08. The molecule has 2 atom stereocenters. The fourth-order valence-corrected chi connectivity index (χ4v) is 2.44. The molecule has 0 fully saturated rings. The molecule has 2 unspecified atom stereocenters.